The summed E-state index contributed by atoms with van der Waals surface area (Å²) in [5, 5.41) is 13.4. The van der Waals surface area contributed by atoms with Crippen molar-refractivity contribution in [3.8, 4) is 0 Å². The highest BCUT2D eigenvalue weighted by Gasteiger charge is 2.09. The number of nitrogens with zero attached hydrogens (tertiary/aromatic N) is 4. The van der Waals surface area contributed by atoms with Crippen LogP contribution in [0, 0.1) is 16.2 Å². The molecule has 0 aromatic heterocycles. The fourth-order valence-electron chi connectivity index (χ4n) is 0.691. The van der Waals surface area contributed by atoms with Crippen LogP contribution in [0.2, 0.25) is 0 Å². The highest BCUT2D eigenvalue weighted by Crippen LogP contribution is 2.25. The molecule has 0 atom stereocenters. The van der Waals surface area contributed by atoms with Crippen molar-refractivity contribution in [2.24, 2.45) is 5.11 Å². The second-order valence-electron chi connectivity index (χ2n) is 1.85. The van der Waals surface area contributed by atoms with Crippen LogP contribution in [-0.2, 0) is 0 Å². The lowest BCUT2D eigenvalue weighted by atomic mass is 10.3. The van der Waals surface area contributed by atoms with Crippen LogP contribution in [0.5, 0.6) is 0 Å². The third-order valence-electron chi connectivity index (χ3n) is 1.15. The van der Waals surface area contributed by atoms with E-state index in [9.17, 15) is 10.1 Å². The Bertz CT molecular complexity index is 335. The van der Waals surface area contributed by atoms with E-state index < -0.39 is 4.92 Å². The van der Waals surface area contributed by atoms with Crippen LogP contribution in [0.1, 0.15) is 0 Å². The van der Waals surface area contributed by atoms with Gasteiger partial charge in [0.15, 0.2) is 0 Å². The van der Waals surface area contributed by atoms with E-state index in [1.165, 1.54) is 18.2 Å². The van der Waals surface area contributed by atoms with Crippen molar-refractivity contribution in [2.75, 3.05) is 0 Å². The minimum absolute atomic E-state index is 0.0926. The molecule has 0 N–H and O–H groups in total. The topological polar surface area (TPSA) is 91.9 Å². The molecule has 6 nitrogen and oxygen atoms in total. The number of benzene rings is 1. The summed E-state index contributed by atoms with van der Waals surface area (Å²) in [5.41, 5.74) is 7.71. The summed E-state index contributed by atoms with van der Waals surface area (Å²) in [6, 6.07) is 6.60. The fourth-order valence-corrected chi connectivity index (χ4v) is 0.691. The van der Waals surface area contributed by atoms with Gasteiger partial charge in [-0.15, -0.1) is 0 Å². The second-order valence-corrected chi connectivity index (χ2v) is 1.85. The van der Waals surface area contributed by atoms with Crippen molar-refractivity contribution in [1.82, 2.24) is 0 Å². The Kier molecular flexibility index (Phi) is 2.25. The zero-order valence-corrected chi connectivity index (χ0v) is 5.84. The molecule has 1 aromatic rings. The molecule has 6 heteroatoms. The first kappa shape index (κ1) is 8.03. The number of hydrogen-bond acceptors (Lipinski definition) is 3. The van der Waals surface area contributed by atoms with Crippen molar-refractivity contribution in [1.29, 1.82) is 0 Å². The van der Waals surface area contributed by atoms with Crippen LogP contribution >= 0.6 is 0 Å². The zero-order chi connectivity index (χ0) is 8.97. The average molecular weight is 163 g/mol. The molecule has 59 valence electrons. The standard InChI is InChI=1S/C6H3N4O2/c7-9-8-5-3-1-2-4-6(5)10(11)12/h1-2,4H. The molecule has 0 aliphatic rings. The molecule has 0 amide bonds. The van der Waals surface area contributed by atoms with Crippen LogP contribution < -0.4 is 0 Å². The Morgan fingerprint density at radius 3 is 3.08 bits per heavy atom. The van der Waals surface area contributed by atoms with Gasteiger partial charge in [-0.1, -0.05) is 17.2 Å². The SMILES string of the molecule is [N-]=[N+]=Nc1[c]cccc1[N+](=O)[O-]. The van der Waals surface area contributed by atoms with Gasteiger partial charge < -0.3 is 0 Å². The molecule has 0 bridgehead atoms. The van der Waals surface area contributed by atoms with E-state index in [0.29, 0.717) is 0 Å². The summed E-state index contributed by atoms with van der Waals surface area (Å²) < 4.78 is 0. The molecule has 12 heavy (non-hydrogen) atoms. The zero-order valence-electron chi connectivity index (χ0n) is 5.84. The molecule has 1 radical (unpaired) electrons. The quantitative estimate of drug-likeness (QED) is 0.220. The molecule has 0 fully saturated rings. The highest BCUT2D eigenvalue weighted by atomic mass is 16.6. The Morgan fingerprint density at radius 2 is 2.50 bits per heavy atom. The summed E-state index contributed by atoms with van der Waals surface area (Å²) >= 11 is 0. The van der Waals surface area contributed by atoms with Crippen LogP contribution in [0.25, 0.3) is 10.4 Å². The van der Waals surface area contributed by atoms with E-state index in [2.05, 4.69) is 16.1 Å². The fraction of sp³-hybridized carbons (Fsp3) is 0. The van der Waals surface area contributed by atoms with Crippen molar-refractivity contribution < 1.29 is 4.92 Å². The maximum Gasteiger partial charge on any atom is 0.279 e. The van der Waals surface area contributed by atoms with Gasteiger partial charge in [-0.2, -0.15) is 0 Å². The molecule has 0 aliphatic carbocycles. The molecule has 1 rings (SSSR count). The van der Waals surface area contributed by atoms with Crippen molar-refractivity contribution in [2.45, 2.75) is 0 Å². The lowest BCUT2D eigenvalue weighted by molar-refractivity contribution is -0.384. The van der Waals surface area contributed by atoms with Gasteiger partial charge in [-0.05, 0) is 11.6 Å². The Morgan fingerprint density at radius 1 is 1.75 bits per heavy atom. The Balaban J connectivity index is 3.26. The van der Waals surface area contributed by atoms with E-state index in [4.69, 9.17) is 5.53 Å². The van der Waals surface area contributed by atoms with Gasteiger partial charge >= 0.3 is 0 Å². The molecule has 0 unspecified atom stereocenters. The third kappa shape index (κ3) is 1.50. The van der Waals surface area contributed by atoms with Gasteiger partial charge in [0.25, 0.3) is 5.69 Å². The van der Waals surface area contributed by atoms with E-state index in [0.717, 1.165) is 0 Å². The third-order valence-corrected chi connectivity index (χ3v) is 1.15. The largest absolute Gasteiger partial charge is 0.279 e. The number of nitro benzene ring substituents is 1. The van der Waals surface area contributed by atoms with E-state index >= 15 is 0 Å². The number of nitro groups is 1. The summed E-state index contributed by atoms with van der Waals surface area (Å²) in [5.74, 6) is 0. The molecular formula is C6H3N4O2. The van der Waals surface area contributed by atoms with Gasteiger partial charge in [0.1, 0.15) is 5.69 Å². The van der Waals surface area contributed by atoms with E-state index in [1.54, 1.807) is 0 Å². The van der Waals surface area contributed by atoms with Gasteiger partial charge in [0, 0.05) is 11.0 Å². The van der Waals surface area contributed by atoms with Crippen LogP contribution in [0.15, 0.2) is 23.3 Å². The number of rotatable bonds is 2. The summed E-state index contributed by atoms with van der Waals surface area (Å²) in [6.45, 7) is 0. The maximum atomic E-state index is 10.3. The minimum Gasteiger partial charge on any atom is -0.258 e. The first-order valence-corrected chi connectivity index (χ1v) is 2.96. The lowest BCUT2D eigenvalue weighted by Gasteiger charge is -1.92. The van der Waals surface area contributed by atoms with Crippen molar-refractivity contribution in [3.05, 3.63) is 44.8 Å². The second kappa shape index (κ2) is 3.36. The molecule has 1 aromatic carbocycles. The van der Waals surface area contributed by atoms with Crippen molar-refractivity contribution >= 4 is 11.4 Å². The molecule has 0 aliphatic heterocycles. The van der Waals surface area contributed by atoms with Crippen LogP contribution in [-0.4, -0.2) is 4.92 Å². The monoisotopic (exact) mass is 163 g/mol. The van der Waals surface area contributed by atoms with E-state index in [1.807, 2.05) is 0 Å². The Labute approximate surface area is 67.2 Å². The first-order chi connectivity index (χ1) is 5.75. The minimum atomic E-state index is -0.624. The van der Waals surface area contributed by atoms with Gasteiger partial charge in [-0.3, -0.25) is 10.1 Å². The van der Waals surface area contributed by atoms with Crippen LogP contribution in [0.3, 0.4) is 0 Å². The molecule has 0 saturated heterocycles. The number of hydrogen-bond donors (Lipinski definition) is 0. The van der Waals surface area contributed by atoms with Gasteiger partial charge in [0.05, 0.1) is 4.92 Å². The van der Waals surface area contributed by atoms with Gasteiger partial charge in [0.2, 0.25) is 0 Å². The predicted octanol–water partition coefficient (Wildman–Crippen LogP) is 2.34. The Hall–Kier alpha value is -2.07. The van der Waals surface area contributed by atoms with Crippen LogP contribution in [0.4, 0.5) is 11.4 Å². The molecular weight excluding hydrogens is 160 g/mol. The summed E-state index contributed by atoms with van der Waals surface area (Å²) in [4.78, 5) is 12.1. The molecule has 0 spiro atoms. The van der Waals surface area contributed by atoms with Crippen molar-refractivity contribution in [3.63, 3.8) is 0 Å². The summed E-state index contributed by atoms with van der Waals surface area (Å²) in [6.07, 6.45) is 0. The van der Waals surface area contributed by atoms with Gasteiger partial charge in [-0.25, -0.2) is 0 Å². The number of azide groups is 1. The molecule has 0 saturated carbocycles. The average Bonchev–Trinajstić information content (AvgIpc) is 2.05. The highest BCUT2D eigenvalue weighted by molar-refractivity contribution is 5.55. The molecule has 0 heterocycles. The predicted molar refractivity (Wildman–Crippen MR) is 40.7 cm³/mol. The lowest BCUT2D eigenvalue weighted by Crippen LogP contribution is -1.86. The normalized spacial score (nSPS) is 8.67. The first-order valence-electron chi connectivity index (χ1n) is 2.96. The maximum absolute atomic E-state index is 10.3. The van der Waals surface area contributed by atoms with E-state index in [-0.39, 0.29) is 11.4 Å². The summed E-state index contributed by atoms with van der Waals surface area (Å²) in [7, 11) is 0. The smallest absolute Gasteiger partial charge is 0.258 e.